The highest BCUT2D eigenvalue weighted by Gasteiger charge is 2.21. The van der Waals surface area contributed by atoms with E-state index in [0.29, 0.717) is 12.0 Å². The summed E-state index contributed by atoms with van der Waals surface area (Å²) in [6.45, 7) is 2.19. The molecule has 1 aliphatic carbocycles. The molecule has 3 nitrogen and oxygen atoms in total. The minimum Gasteiger partial charge on any atom is -0.313 e. The van der Waals surface area contributed by atoms with Crippen molar-refractivity contribution in [1.82, 2.24) is 15.5 Å². The van der Waals surface area contributed by atoms with Gasteiger partial charge in [0.1, 0.15) is 0 Å². The Bertz CT molecular complexity index is 300. The molecule has 0 bridgehead atoms. The van der Waals surface area contributed by atoms with Crippen LogP contribution in [0.15, 0.2) is 6.20 Å². The van der Waals surface area contributed by atoms with Gasteiger partial charge in [-0.15, -0.1) is 0 Å². The summed E-state index contributed by atoms with van der Waals surface area (Å²) in [6, 6.07) is 0.403. The highest BCUT2D eigenvalue weighted by atomic mass is 15.1. The van der Waals surface area contributed by atoms with E-state index in [4.69, 9.17) is 0 Å². The third-order valence-electron chi connectivity index (χ3n) is 3.61. The molecule has 1 aromatic heterocycles. The molecular weight excluding hydrogens is 186 g/mol. The lowest BCUT2D eigenvalue weighted by Gasteiger charge is -2.22. The lowest BCUT2D eigenvalue weighted by Crippen LogP contribution is -2.15. The highest BCUT2D eigenvalue weighted by molar-refractivity contribution is 5.24. The average molecular weight is 207 g/mol. The standard InChI is InChI=1S/C12H21N3/c1-9(13-2)11-8-14-15-12(11)10-6-4-3-5-7-10/h8-10,13H,3-7H2,1-2H3,(H,14,15). The Morgan fingerprint density at radius 3 is 2.80 bits per heavy atom. The van der Waals surface area contributed by atoms with Gasteiger partial charge in [-0.2, -0.15) is 5.10 Å². The first-order chi connectivity index (χ1) is 7.33. The van der Waals surface area contributed by atoms with E-state index < -0.39 is 0 Å². The lowest BCUT2D eigenvalue weighted by molar-refractivity contribution is 0.431. The Hall–Kier alpha value is -0.830. The van der Waals surface area contributed by atoms with Crippen LogP contribution >= 0.6 is 0 Å². The van der Waals surface area contributed by atoms with Crippen LogP contribution in [0.3, 0.4) is 0 Å². The Balaban J connectivity index is 2.15. The van der Waals surface area contributed by atoms with Crippen molar-refractivity contribution >= 4 is 0 Å². The smallest absolute Gasteiger partial charge is 0.0538 e. The zero-order valence-electron chi connectivity index (χ0n) is 9.71. The highest BCUT2D eigenvalue weighted by Crippen LogP contribution is 2.34. The van der Waals surface area contributed by atoms with Gasteiger partial charge in [0.05, 0.1) is 6.20 Å². The average Bonchev–Trinajstić information content (AvgIpc) is 2.78. The van der Waals surface area contributed by atoms with E-state index in [9.17, 15) is 0 Å². The molecule has 1 unspecified atom stereocenters. The molecule has 0 aromatic carbocycles. The van der Waals surface area contributed by atoms with Crippen molar-refractivity contribution in [3.05, 3.63) is 17.5 Å². The molecule has 3 heteroatoms. The first-order valence-corrected chi connectivity index (χ1v) is 6.03. The van der Waals surface area contributed by atoms with Gasteiger partial charge in [0.15, 0.2) is 0 Å². The molecule has 1 heterocycles. The largest absolute Gasteiger partial charge is 0.313 e. The van der Waals surface area contributed by atoms with Crippen LogP contribution in [-0.4, -0.2) is 17.2 Å². The Morgan fingerprint density at radius 2 is 2.13 bits per heavy atom. The molecule has 1 aromatic rings. The van der Waals surface area contributed by atoms with Gasteiger partial charge in [-0.1, -0.05) is 19.3 Å². The molecule has 1 aliphatic rings. The van der Waals surface area contributed by atoms with Crippen LogP contribution in [-0.2, 0) is 0 Å². The van der Waals surface area contributed by atoms with E-state index in [0.717, 1.165) is 0 Å². The fourth-order valence-electron chi connectivity index (χ4n) is 2.52. The zero-order valence-corrected chi connectivity index (χ0v) is 9.71. The van der Waals surface area contributed by atoms with Crippen molar-refractivity contribution in [1.29, 1.82) is 0 Å². The van der Waals surface area contributed by atoms with E-state index in [-0.39, 0.29) is 0 Å². The van der Waals surface area contributed by atoms with E-state index >= 15 is 0 Å². The number of nitrogens with zero attached hydrogens (tertiary/aromatic N) is 1. The molecule has 0 saturated heterocycles. The summed E-state index contributed by atoms with van der Waals surface area (Å²) in [4.78, 5) is 0. The molecule has 0 spiro atoms. The van der Waals surface area contributed by atoms with Gasteiger partial charge in [0, 0.05) is 23.2 Å². The van der Waals surface area contributed by atoms with Gasteiger partial charge >= 0.3 is 0 Å². The number of aromatic amines is 1. The molecule has 0 aliphatic heterocycles. The van der Waals surface area contributed by atoms with Crippen LogP contribution in [0, 0.1) is 0 Å². The van der Waals surface area contributed by atoms with E-state index in [1.807, 2.05) is 13.2 Å². The van der Waals surface area contributed by atoms with Gasteiger partial charge in [0.2, 0.25) is 0 Å². The second-order valence-corrected chi connectivity index (χ2v) is 4.58. The van der Waals surface area contributed by atoms with Crippen LogP contribution in [0.1, 0.15) is 62.2 Å². The maximum Gasteiger partial charge on any atom is 0.0538 e. The second kappa shape index (κ2) is 4.79. The van der Waals surface area contributed by atoms with Crippen molar-refractivity contribution in [3.8, 4) is 0 Å². The minimum absolute atomic E-state index is 0.403. The first-order valence-electron chi connectivity index (χ1n) is 6.03. The summed E-state index contributed by atoms with van der Waals surface area (Å²) in [5, 5.41) is 10.7. The third-order valence-corrected chi connectivity index (χ3v) is 3.61. The first kappa shape index (κ1) is 10.7. The van der Waals surface area contributed by atoms with Crippen molar-refractivity contribution in [2.24, 2.45) is 0 Å². The number of nitrogens with one attached hydrogen (secondary N) is 2. The topological polar surface area (TPSA) is 40.7 Å². The monoisotopic (exact) mass is 207 g/mol. The van der Waals surface area contributed by atoms with E-state index in [1.165, 1.54) is 43.4 Å². The Labute approximate surface area is 91.7 Å². The third kappa shape index (κ3) is 2.23. The summed E-state index contributed by atoms with van der Waals surface area (Å²) in [7, 11) is 2.00. The molecular formula is C12H21N3. The van der Waals surface area contributed by atoms with E-state index in [2.05, 4.69) is 22.4 Å². The molecule has 0 amide bonds. The van der Waals surface area contributed by atoms with Crippen LogP contribution in [0.25, 0.3) is 0 Å². The maximum absolute atomic E-state index is 4.20. The number of hydrogen-bond donors (Lipinski definition) is 2. The van der Waals surface area contributed by atoms with Crippen LogP contribution < -0.4 is 5.32 Å². The molecule has 0 radical (unpaired) electrons. The number of H-pyrrole nitrogens is 1. The van der Waals surface area contributed by atoms with Crippen LogP contribution in [0.5, 0.6) is 0 Å². The van der Waals surface area contributed by atoms with Gasteiger partial charge in [-0.25, -0.2) is 0 Å². The lowest BCUT2D eigenvalue weighted by atomic mass is 9.85. The molecule has 1 saturated carbocycles. The van der Waals surface area contributed by atoms with Gasteiger partial charge < -0.3 is 5.32 Å². The van der Waals surface area contributed by atoms with Crippen molar-refractivity contribution < 1.29 is 0 Å². The summed E-state index contributed by atoms with van der Waals surface area (Å²) in [5.41, 5.74) is 2.72. The fraction of sp³-hybridized carbons (Fsp3) is 0.750. The molecule has 2 rings (SSSR count). The van der Waals surface area contributed by atoms with Gasteiger partial charge in [0.25, 0.3) is 0 Å². The SMILES string of the molecule is CNC(C)c1cn[nH]c1C1CCCCC1. The molecule has 15 heavy (non-hydrogen) atoms. The molecule has 84 valence electrons. The van der Waals surface area contributed by atoms with Crippen molar-refractivity contribution in [2.75, 3.05) is 7.05 Å². The summed E-state index contributed by atoms with van der Waals surface area (Å²) < 4.78 is 0. The van der Waals surface area contributed by atoms with E-state index in [1.54, 1.807) is 0 Å². The molecule has 1 atom stereocenters. The fourth-order valence-corrected chi connectivity index (χ4v) is 2.52. The number of hydrogen-bond acceptors (Lipinski definition) is 2. The number of aromatic nitrogens is 2. The quantitative estimate of drug-likeness (QED) is 0.800. The summed E-state index contributed by atoms with van der Waals surface area (Å²) in [5.74, 6) is 0.715. The van der Waals surface area contributed by atoms with Crippen molar-refractivity contribution in [3.63, 3.8) is 0 Å². The Kier molecular flexibility index (Phi) is 3.41. The minimum atomic E-state index is 0.403. The van der Waals surface area contributed by atoms with Crippen LogP contribution in [0.4, 0.5) is 0 Å². The number of rotatable bonds is 3. The van der Waals surface area contributed by atoms with Gasteiger partial charge in [-0.05, 0) is 26.8 Å². The zero-order chi connectivity index (χ0) is 10.7. The van der Waals surface area contributed by atoms with Crippen LogP contribution in [0.2, 0.25) is 0 Å². The van der Waals surface area contributed by atoms with Gasteiger partial charge in [-0.3, -0.25) is 5.10 Å². The normalized spacial score (nSPS) is 20.4. The Morgan fingerprint density at radius 1 is 1.40 bits per heavy atom. The molecule has 2 N–H and O–H groups in total. The summed E-state index contributed by atoms with van der Waals surface area (Å²) >= 11 is 0. The van der Waals surface area contributed by atoms with Crippen molar-refractivity contribution in [2.45, 2.75) is 51.0 Å². The summed E-state index contributed by atoms with van der Waals surface area (Å²) in [6.07, 6.45) is 8.78. The predicted molar refractivity (Wildman–Crippen MR) is 61.9 cm³/mol. The second-order valence-electron chi connectivity index (χ2n) is 4.58. The molecule has 1 fully saturated rings. The maximum atomic E-state index is 4.20. The predicted octanol–water partition coefficient (Wildman–Crippen LogP) is 2.74.